The van der Waals surface area contributed by atoms with E-state index in [1.54, 1.807) is 0 Å². The predicted molar refractivity (Wildman–Crippen MR) is 52.7 cm³/mol. The number of likely N-dealkylation sites (tertiary alicyclic amines) is 1. The molecule has 2 N–H and O–H groups in total. The summed E-state index contributed by atoms with van der Waals surface area (Å²) in [7, 11) is 0. The molecule has 2 saturated heterocycles. The maximum atomic E-state index is 9.48. The van der Waals surface area contributed by atoms with Gasteiger partial charge >= 0.3 is 0 Å². The van der Waals surface area contributed by atoms with E-state index in [9.17, 15) is 5.11 Å². The summed E-state index contributed by atoms with van der Waals surface area (Å²) < 4.78 is 0. The molecule has 3 heteroatoms. The number of nitrogens with zero attached hydrogens (tertiary/aromatic N) is 1. The van der Waals surface area contributed by atoms with Crippen LogP contribution in [0.25, 0.3) is 0 Å². The molecule has 3 nitrogen and oxygen atoms in total. The van der Waals surface area contributed by atoms with Gasteiger partial charge in [-0.15, -0.1) is 0 Å². The molecule has 0 aromatic rings. The van der Waals surface area contributed by atoms with Gasteiger partial charge in [0, 0.05) is 25.2 Å². The lowest BCUT2D eigenvalue weighted by Crippen LogP contribution is -2.39. The van der Waals surface area contributed by atoms with Crippen molar-refractivity contribution in [2.24, 2.45) is 0 Å². The molecule has 2 rings (SSSR count). The topological polar surface area (TPSA) is 35.5 Å². The summed E-state index contributed by atoms with van der Waals surface area (Å²) in [6.07, 6.45) is 3.48. The molecule has 3 unspecified atom stereocenters. The van der Waals surface area contributed by atoms with Crippen molar-refractivity contribution in [3.05, 3.63) is 0 Å². The molecule has 0 amide bonds. The third-order valence-electron chi connectivity index (χ3n) is 3.30. The number of nitrogens with one attached hydrogen (secondary N) is 1. The van der Waals surface area contributed by atoms with Gasteiger partial charge in [0.15, 0.2) is 0 Å². The van der Waals surface area contributed by atoms with Gasteiger partial charge in [0.2, 0.25) is 0 Å². The summed E-state index contributed by atoms with van der Waals surface area (Å²) in [6.45, 7) is 5.39. The fourth-order valence-electron chi connectivity index (χ4n) is 2.52. The Labute approximate surface area is 80.1 Å². The summed E-state index contributed by atoms with van der Waals surface area (Å²) in [5.74, 6) is 0. The third kappa shape index (κ3) is 2.22. The largest absolute Gasteiger partial charge is 0.392 e. The molecule has 0 saturated carbocycles. The van der Waals surface area contributed by atoms with Gasteiger partial charge in [0.25, 0.3) is 0 Å². The molecule has 0 radical (unpaired) electrons. The van der Waals surface area contributed by atoms with E-state index >= 15 is 0 Å². The highest BCUT2D eigenvalue weighted by molar-refractivity contribution is 4.86. The normalized spacial score (nSPS) is 41.5. The number of β-amino-alcohol motifs (C(OH)–C–C–N with tert-alkyl or cyclic N) is 1. The Kier molecular flexibility index (Phi) is 2.86. The molecular formula is C10H20N2O. The number of aliphatic hydroxyl groups excluding tert-OH is 1. The van der Waals surface area contributed by atoms with E-state index in [-0.39, 0.29) is 6.10 Å². The first kappa shape index (κ1) is 9.44. The molecule has 2 heterocycles. The van der Waals surface area contributed by atoms with Crippen molar-refractivity contribution in [2.75, 3.05) is 19.6 Å². The van der Waals surface area contributed by atoms with E-state index in [1.807, 2.05) is 0 Å². The zero-order valence-corrected chi connectivity index (χ0v) is 8.37. The van der Waals surface area contributed by atoms with Crippen LogP contribution in [0.4, 0.5) is 0 Å². The molecule has 13 heavy (non-hydrogen) atoms. The van der Waals surface area contributed by atoms with Crippen molar-refractivity contribution in [1.82, 2.24) is 10.2 Å². The Bertz CT molecular complexity index is 168. The number of rotatable bonds is 2. The highest BCUT2D eigenvalue weighted by atomic mass is 16.3. The first-order valence-corrected chi connectivity index (χ1v) is 5.41. The van der Waals surface area contributed by atoms with E-state index in [0.717, 1.165) is 19.5 Å². The molecule has 2 fully saturated rings. The zero-order valence-electron chi connectivity index (χ0n) is 8.37. The second-order valence-electron chi connectivity index (χ2n) is 4.49. The highest BCUT2D eigenvalue weighted by Crippen LogP contribution is 2.19. The van der Waals surface area contributed by atoms with Crippen LogP contribution in [0, 0.1) is 0 Å². The van der Waals surface area contributed by atoms with Gasteiger partial charge < -0.3 is 10.4 Å². The standard InChI is InChI=1S/C10H20N2O/c1-8-5-10(13)7-12(8)6-9-3-2-4-11-9/h8-11,13H,2-7H2,1H3. The van der Waals surface area contributed by atoms with Gasteiger partial charge in [-0.1, -0.05) is 0 Å². The van der Waals surface area contributed by atoms with Crippen LogP contribution in [0.2, 0.25) is 0 Å². The fourth-order valence-corrected chi connectivity index (χ4v) is 2.52. The summed E-state index contributed by atoms with van der Waals surface area (Å²) in [5, 5.41) is 13.0. The van der Waals surface area contributed by atoms with E-state index in [4.69, 9.17) is 0 Å². The minimum atomic E-state index is -0.0867. The van der Waals surface area contributed by atoms with Crippen LogP contribution in [-0.4, -0.2) is 47.8 Å². The Morgan fingerprint density at radius 3 is 2.92 bits per heavy atom. The van der Waals surface area contributed by atoms with Crippen molar-refractivity contribution < 1.29 is 5.11 Å². The predicted octanol–water partition coefficient (Wildman–Crippen LogP) is 0.193. The molecule has 0 aromatic heterocycles. The molecule has 2 aliphatic rings. The van der Waals surface area contributed by atoms with Gasteiger partial charge in [-0.3, -0.25) is 4.90 Å². The van der Waals surface area contributed by atoms with Crippen LogP contribution in [0.1, 0.15) is 26.2 Å². The second kappa shape index (κ2) is 3.95. The van der Waals surface area contributed by atoms with Crippen molar-refractivity contribution in [3.8, 4) is 0 Å². The van der Waals surface area contributed by atoms with E-state index in [0.29, 0.717) is 12.1 Å². The summed E-state index contributed by atoms with van der Waals surface area (Å²) >= 11 is 0. The van der Waals surface area contributed by atoms with Crippen molar-refractivity contribution in [2.45, 2.75) is 44.4 Å². The van der Waals surface area contributed by atoms with Crippen molar-refractivity contribution in [3.63, 3.8) is 0 Å². The van der Waals surface area contributed by atoms with Gasteiger partial charge in [-0.25, -0.2) is 0 Å². The Balaban J connectivity index is 1.80. The lowest BCUT2D eigenvalue weighted by molar-refractivity contribution is 0.171. The molecule has 76 valence electrons. The van der Waals surface area contributed by atoms with Crippen LogP contribution in [0.3, 0.4) is 0 Å². The Hall–Kier alpha value is -0.120. The van der Waals surface area contributed by atoms with Gasteiger partial charge in [-0.2, -0.15) is 0 Å². The highest BCUT2D eigenvalue weighted by Gasteiger charge is 2.29. The number of hydrogen-bond donors (Lipinski definition) is 2. The van der Waals surface area contributed by atoms with Crippen molar-refractivity contribution in [1.29, 1.82) is 0 Å². The molecule has 0 aliphatic carbocycles. The average Bonchev–Trinajstić information content (AvgIpc) is 2.63. The molecule has 0 bridgehead atoms. The quantitative estimate of drug-likeness (QED) is 0.643. The Morgan fingerprint density at radius 1 is 1.54 bits per heavy atom. The first-order chi connectivity index (χ1) is 6.25. The molecular weight excluding hydrogens is 164 g/mol. The molecule has 0 spiro atoms. The SMILES string of the molecule is CC1CC(O)CN1CC1CCCN1. The molecule has 0 aromatic carbocycles. The summed E-state index contributed by atoms with van der Waals surface area (Å²) in [5.41, 5.74) is 0. The first-order valence-electron chi connectivity index (χ1n) is 5.41. The van der Waals surface area contributed by atoms with Crippen LogP contribution < -0.4 is 5.32 Å². The van der Waals surface area contributed by atoms with E-state index < -0.39 is 0 Å². The van der Waals surface area contributed by atoms with Gasteiger partial charge in [0.1, 0.15) is 0 Å². The third-order valence-corrected chi connectivity index (χ3v) is 3.30. The fraction of sp³-hybridized carbons (Fsp3) is 1.00. The van der Waals surface area contributed by atoms with E-state index in [2.05, 4.69) is 17.1 Å². The molecule has 3 atom stereocenters. The number of aliphatic hydroxyl groups is 1. The maximum Gasteiger partial charge on any atom is 0.0682 e. The summed E-state index contributed by atoms with van der Waals surface area (Å²) in [6, 6.07) is 1.24. The lowest BCUT2D eigenvalue weighted by Gasteiger charge is -2.24. The van der Waals surface area contributed by atoms with Gasteiger partial charge in [0.05, 0.1) is 6.10 Å². The summed E-state index contributed by atoms with van der Waals surface area (Å²) in [4.78, 5) is 2.41. The van der Waals surface area contributed by atoms with Crippen LogP contribution in [0.5, 0.6) is 0 Å². The van der Waals surface area contributed by atoms with Gasteiger partial charge in [-0.05, 0) is 32.7 Å². The average molecular weight is 184 g/mol. The van der Waals surface area contributed by atoms with Crippen LogP contribution in [-0.2, 0) is 0 Å². The smallest absolute Gasteiger partial charge is 0.0682 e. The second-order valence-corrected chi connectivity index (χ2v) is 4.49. The maximum absolute atomic E-state index is 9.48. The Morgan fingerprint density at radius 2 is 2.38 bits per heavy atom. The van der Waals surface area contributed by atoms with Crippen molar-refractivity contribution >= 4 is 0 Å². The number of hydrogen-bond acceptors (Lipinski definition) is 3. The van der Waals surface area contributed by atoms with E-state index in [1.165, 1.54) is 19.4 Å². The zero-order chi connectivity index (χ0) is 9.26. The van der Waals surface area contributed by atoms with Crippen LogP contribution in [0.15, 0.2) is 0 Å². The van der Waals surface area contributed by atoms with Crippen LogP contribution >= 0.6 is 0 Å². The lowest BCUT2D eigenvalue weighted by atomic mass is 10.2. The minimum absolute atomic E-state index is 0.0867. The molecule has 2 aliphatic heterocycles. The monoisotopic (exact) mass is 184 g/mol. The minimum Gasteiger partial charge on any atom is -0.392 e.